The predicted molar refractivity (Wildman–Crippen MR) is 105 cm³/mol. The third-order valence-corrected chi connectivity index (χ3v) is 3.98. The minimum Gasteiger partial charge on any atom is -0.493 e. The third kappa shape index (κ3) is 6.79. The molecule has 0 saturated carbocycles. The molecule has 0 spiro atoms. The summed E-state index contributed by atoms with van der Waals surface area (Å²) in [6.45, 7) is 3.87. The minimum absolute atomic E-state index is 0.0250. The summed E-state index contributed by atoms with van der Waals surface area (Å²) in [5.74, 6) is 0.130. The van der Waals surface area contributed by atoms with Crippen molar-refractivity contribution in [1.82, 2.24) is 10.3 Å². The molecule has 2 aromatic rings. The van der Waals surface area contributed by atoms with Gasteiger partial charge in [0.2, 0.25) is 0 Å². The number of hydrogen-bond acceptors (Lipinski definition) is 5. The van der Waals surface area contributed by atoms with Crippen LogP contribution in [0.1, 0.15) is 32.3 Å². The van der Waals surface area contributed by atoms with Crippen molar-refractivity contribution in [3.63, 3.8) is 0 Å². The summed E-state index contributed by atoms with van der Waals surface area (Å²) in [6, 6.07) is 8.34. The Labute approximate surface area is 163 Å². The number of rotatable bonds is 9. The van der Waals surface area contributed by atoms with Gasteiger partial charge in [-0.05, 0) is 50.1 Å². The number of ether oxygens (including phenoxy) is 2. The molecule has 8 nitrogen and oxygen atoms in total. The summed E-state index contributed by atoms with van der Waals surface area (Å²) in [5, 5.41) is 14.3. The number of benzene rings is 1. The average molecular weight is 387 g/mol. The van der Waals surface area contributed by atoms with Gasteiger partial charge in [0.25, 0.3) is 0 Å². The number of carboxylic acids is 1. The number of aromatic nitrogens is 1. The Hall–Kier alpha value is -3.29. The van der Waals surface area contributed by atoms with Crippen molar-refractivity contribution < 1.29 is 24.2 Å². The number of carboxylic acid groups (broad SMARTS) is 1. The van der Waals surface area contributed by atoms with E-state index in [1.165, 1.54) is 0 Å². The second-order valence-electron chi connectivity index (χ2n) is 6.87. The maximum Gasteiger partial charge on any atom is 0.319 e. The van der Waals surface area contributed by atoms with Crippen LogP contribution < -0.4 is 20.1 Å². The molecule has 0 saturated heterocycles. The van der Waals surface area contributed by atoms with Crippen LogP contribution in [0.4, 0.5) is 10.5 Å². The number of carbonyl (C=O) groups is 2. The lowest BCUT2D eigenvalue weighted by Crippen LogP contribution is -2.45. The highest BCUT2D eigenvalue weighted by atomic mass is 16.5. The largest absolute Gasteiger partial charge is 0.493 e. The van der Waals surface area contributed by atoms with Gasteiger partial charge in [0.1, 0.15) is 6.61 Å². The number of aliphatic carboxylic acids is 1. The number of urea groups is 1. The van der Waals surface area contributed by atoms with E-state index in [2.05, 4.69) is 15.6 Å². The molecule has 0 bridgehead atoms. The van der Waals surface area contributed by atoms with Gasteiger partial charge in [-0.3, -0.25) is 9.78 Å². The van der Waals surface area contributed by atoms with E-state index in [9.17, 15) is 9.59 Å². The van der Waals surface area contributed by atoms with Gasteiger partial charge in [-0.1, -0.05) is 0 Å². The van der Waals surface area contributed by atoms with Crippen molar-refractivity contribution in [1.29, 1.82) is 0 Å². The van der Waals surface area contributed by atoms with E-state index in [-0.39, 0.29) is 6.42 Å². The third-order valence-electron chi connectivity index (χ3n) is 3.98. The van der Waals surface area contributed by atoms with Gasteiger partial charge in [0, 0.05) is 36.1 Å². The average Bonchev–Trinajstić information content (AvgIpc) is 2.65. The summed E-state index contributed by atoms with van der Waals surface area (Å²) in [5.41, 5.74) is 0.820. The van der Waals surface area contributed by atoms with Crippen molar-refractivity contribution in [2.24, 2.45) is 0 Å². The van der Waals surface area contributed by atoms with Gasteiger partial charge in [-0.15, -0.1) is 0 Å². The van der Waals surface area contributed by atoms with Crippen molar-refractivity contribution in [2.45, 2.75) is 38.8 Å². The van der Waals surface area contributed by atoms with Gasteiger partial charge >= 0.3 is 12.0 Å². The summed E-state index contributed by atoms with van der Waals surface area (Å²) < 4.78 is 11.1. The fraction of sp³-hybridized carbons (Fsp3) is 0.350. The van der Waals surface area contributed by atoms with Crippen LogP contribution in [0, 0.1) is 0 Å². The van der Waals surface area contributed by atoms with E-state index < -0.39 is 17.5 Å². The molecule has 28 heavy (non-hydrogen) atoms. The van der Waals surface area contributed by atoms with Gasteiger partial charge in [0.15, 0.2) is 11.5 Å². The second kappa shape index (κ2) is 9.59. The fourth-order valence-electron chi connectivity index (χ4n) is 2.46. The van der Waals surface area contributed by atoms with Crippen molar-refractivity contribution in [2.75, 3.05) is 12.4 Å². The Bertz CT molecular complexity index is 809. The van der Waals surface area contributed by atoms with Crippen molar-refractivity contribution in [3.8, 4) is 11.5 Å². The molecule has 1 aromatic carbocycles. The Morgan fingerprint density at radius 3 is 2.50 bits per heavy atom. The van der Waals surface area contributed by atoms with E-state index in [1.807, 2.05) is 12.1 Å². The molecule has 8 heteroatoms. The normalized spacial score (nSPS) is 10.8. The zero-order chi connectivity index (χ0) is 20.6. The second-order valence-corrected chi connectivity index (χ2v) is 6.87. The molecule has 2 rings (SSSR count). The van der Waals surface area contributed by atoms with Crippen LogP contribution in [0.2, 0.25) is 0 Å². The standard InChI is InChI=1S/C20H25N3O5/c1-20(2,9-6-18(24)25)23-19(26)22-15-4-5-16(27-3)17(12-15)28-13-14-7-10-21-11-8-14/h4-5,7-8,10-12H,6,9,13H2,1-3H3,(H,24,25)(H2,22,23,26). The van der Waals surface area contributed by atoms with Crippen LogP contribution in [0.3, 0.4) is 0 Å². The summed E-state index contributed by atoms with van der Waals surface area (Å²) >= 11 is 0. The highest BCUT2D eigenvalue weighted by molar-refractivity contribution is 5.90. The Balaban J connectivity index is 2.01. The topological polar surface area (TPSA) is 110 Å². The first-order valence-electron chi connectivity index (χ1n) is 8.80. The molecular weight excluding hydrogens is 362 g/mol. The first-order valence-corrected chi connectivity index (χ1v) is 8.80. The van der Waals surface area contributed by atoms with E-state index in [1.54, 1.807) is 51.6 Å². The maximum atomic E-state index is 12.3. The number of carbonyl (C=O) groups excluding carboxylic acids is 1. The molecule has 0 aliphatic carbocycles. The Morgan fingerprint density at radius 2 is 1.86 bits per heavy atom. The van der Waals surface area contributed by atoms with Gasteiger partial charge < -0.3 is 25.2 Å². The van der Waals surface area contributed by atoms with Crippen molar-refractivity contribution >= 4 is 17.7 Å². The molecule has 0 radical (unpaired) electrons. The molecule has 0 aliphatic heterocycles. The zero-order valence-corrected chi connectivity index (χ0v) is 16.2. The number of pyridine rings is 1. The number of methoxy groups -OCH3 is 1. The Kier molecular flexibility index (Phi) is 7.20. The molecule has 150 valence electrons. The number of amides is 2. The number of hydrogen-bond donors (Lipinski definition) is 3. The SMILES string of the molecule is COc1ccc(NC(=O)NC(C)(C)CCC(=O)O)cc1OCc1ccncc1. The highest BCUT2D eigenvalue weighted by Gasteiger charge is 2.21. The van der Waals surface area contributed by atoms with Crippen LogP contribution in [-0.2, 0) is 11.4 Å². The molecule has 0 unspecified atom stereocenters. The van der Waals surface area contributed by atoms with Gasteiger partial charge in [-0.25, -0.2) is 4.79 Å². The fourth-order valence-corrected chi connectivity index (χ4v) is 2.46. The molecule has 0 fully saturated rings. The molecule has 0 atom stereocenters. The molecule has 1 heterocycles. The zero-order valence-electron chi connectivity index (χ0n) is 16.2. The molecular formula is C20H25N3O5. The number of anilines is 1. The van der Waals surface area contributed by atoms with Crippen LogP contribution in [-0.4, -0.2) is 34.7 Å². The Morgan fingerprint density at radius 1 is 1.14 bits per heavy atom. The van der Waals surface area contributed by atoms with Crippen LogP contribution >= 0.6 is 0 Å². The monoisotopic (exact) mass is 387 g/mol. The quantitative estimate of drug-likeness (QED) is 0.608. The summed E-state index contributed by atoms with van der Waals surface area (Å²) in [4.78, 5) is 27.0. The lowest BCUT2D eigenvalue weighted by molar-refractivity contribution is -0.137. The van der Waals surface area contributed by atoms with Gasteiger partial charge in [-0.2, -0.15) is 0 Å². The highest BCUT2D eigenvalue weighted by Crippen LogP contribution is 2.31. The van der Waals surface area contributed by atoms with Crippen LogP contribution in [0.5, 0.6) is 11.5 Å². The minimum atomic E-state index is -0.901. The number of nitrogens with one attached hydrogen (secondary N) is 2. The summed E-state index contributed by atoms with van der Waals surface area (Å²) in [7, 11) is 1.54. The molecule has 3 N–H and O–H groups in total. The van der Waals surface area contributed by atoms with E-state index in [4.69, 9.17) is 14.6 Å². The lowest BCUT2D eigenvalue weighted by atomic mass is 9.99. The van der Waals surface area contributed by atoms with Gasteiger partial charge in [0.05, 0.1) is 7.11 Å². The first-order chi connectivity index (χ1) is 13.3. The summed E-state index contributed by atoms with van der Waals surface area (Å²) in [6.07, 6.45) is 3.66. The van der Waals surface area contributed by atoms with Crippen LogP contribution in [0.15, 0.2) is 42.7 Å². The van der Waals surface area contributed by atoms with E-state index in [0.717, 1.165) is 5.56 Å². The van der Waals surface area contributed by atoms with E-state index >= 15 is 0 Å². The molecule has 2 amide bonds. The van der Waals surface area contributed by atoms with Crippen molar-refractivity contribution in [3.05, 3.63) is 48.3 Å². The predicted octanol–water partition coefficient (Wildman–Crippen LogP) is 3.43. The lowest BCUT2D eigenvalue weighted by Gasteiger charge is -2.25. The number of nitrogens with zero attached hydrogens (tertiary/aromatic N) is 1. The molecule has 0 aliphatic rings. The maximum absolute atomic E-state index is 12.3. The smallest absolute Gasteiger partial charge is 0.319 e. The van der Waals surface area contributed by atoms with E-state index in [0.29, 0.717) is 30.2 Å². The first kappa shape index (κ1) is 21.0. The van der Waals surface area contributed by atoms with Crippen LogP contribution in [0.25, 0.3) is 0 Å². The molecule has 1 aromatic heterocycles.